The van der Waals surface area contributed by atoms with Gasteiger partial charge in [0.15, 0.2) is 5.60 Å². The van der Waals surface area contributed by atoms with Crippen LogP contribution in [0.3, 0.4) is 0 Å². The molecular weight excluding hydrogens is 366 g/mol. The number of rotatable bonds is 3. The Kier molecular flexibility index (Phi) is 4.64. The lowest BCUT2D eigenvalue weighted by Gasteiger charge is -2.18. The number of hydrogen-bond donors (Lipinski definition) is 0. The predicted molar refractivity (Wildman–Crippen MR) is 96.6 cm³/mol. The Labute approximate surface area is 153 Å². The molecule has 1 aliphatic heterocycles. The second-order valence-electron chi connectivity index (χ2n) is 6.12. The standard InChI is InChI=1S/C19H15ClF2O2S/c1-19(2)18(23)16(12-6-5-11(21)9-14(12)22)17(24-19)10-4-7-15(25-3)13(20)8-10/h4-9H,1-3H3. The van der Waals surface area contributed by atoms with Crippen LogP contribution in [0.1, 0.15) is 25.0 Å². The van der Waals surface area contributed by atoms with E-state index in [1.54, 1.807) is 26.0 Å². The average molecular weight is 381 g/mol. The molecule has 0 spiro atoms. The Hall–Kier alpha value is -1.85. The Morgan fingerprint density at radius 3 is 2.44 bits per heavy atom. The van der Waals surface area contributed by atoms with Gasteiger partial charge in [0.25, 0.3) is 0 Å². The van der Waals surface area contributed by atoms with Crippen molar-refractivity contribution >= 4 is 40.5 Å². The van der Waals surface area contributed by atoms with Gasteiger partial charge >= 0.3 is 0 Å². The molecule has 0 saturated heterocycles. The number of carbonyl (C=O) groups excluding carboxylic acids is 1. The van der Waals surface area contributed by atoms with Gasteiger partial charge in [-0.1, -0.05) is 17.7 Å². The predicted octanol–water partition coefficient (Wildman–Crippen LogP) is 5.59. The molecule has 25 heavy (non-hydrogen) atoms. The molecular formula is C19H15ClF2O2S. The number of ether oxygens (including phenoxy) is 1. The van der Waals surface area contributed by atoms with Crippen LogP contribution in [-0.4, -0.2) is 17.6 Å². The first-order valence-electron chi connectivity index (χ1n) is 7.52. The van der Waals surface area contributed by atoms with Gasteiger partial charge in [0, 0.05) is 22.1 Å². The van der Waals surface area contributed by atoms with Crippen LogP contribution in [0.25, 0.3) is 11.3 Å². The van der Waals surface area contributed by atoms with Crippen LogP contribution in [0.2, 0.25) is 5.02 Å². The lowest BCUT2D eigenvalue weighted by atomic mass is 9.92. The van der Waals surface area contributed by atoms with Crippen molar-refractivity contribution in [2.45, 2.75) is 24.3 Å². The molecule has 0 radical (unpaired) electrons. The number of carbonyl (C=O) groups is 1. The van der Waals surface area contributed by atoms with Gasteiger partial charge in [0.1, 0.15) is 17.4 Å². The molecule has 2 nitrogen and oxygen atoms in total. The summed E-state index contributed by atoms with van der Waals surface area (Å²) in [4.78, 5) is 13.7. The molecule has 0 fully saturated rings. The molecule has 2 aromatic rings. The molecule has 0 saturated carbocycles. The van der Waals surface area contributed by atoms with Crippen molar-refractivity contribution in [3.8, 4) is 0 Å². The zero-order valence-electron chi connectivity index (χ0n) is 13.8. The smallest absolute Gasteiger partial charge is 0.210 e. The first-order valence-corrected chi connectivity index (χ1v) is 9.12. The van der Waals surface area contributed by atoms with Crippen molar-refractivity contribution in [2.24, 2.45) is 0 Å². The van der Waals surface area contributed by atoms with Crippen LogP contribution in [-0.2, 0) is 9.53 Å². The van der Waals surface area contributed by atoms with Crippen molar-refractivity contribution in [1.29, 1.82) is 0 Å². The number of Topliss-reactive ketones (excluding diaryl/α,β-unsaturated/α-hetero) is 1. The van der Waals surface area contributed by atoms with Gasteiger partial charge in [-0.25, -0.2) is 8.78 Å². The third-order valence-electron chi connectivity index (χ3n) is 3.97. The Morgan fingerprint density at radius 2 is 1.84 bits per heavy atom. The van der Waals surface area contributed by atoms with Gasteiger partial charge in [-0.3, -0.25) is 4.79 Å². The maximum Gasteiger partial charge on any atom is 0.210 e. The third-order valence-corrected chi connectivity index (χ3v) is 5.19. The Balaban J connectivity index is 2.23. The van der Waals surface area contributed by atoms with E-state index in [9.17, 15) is 13.6 Å². The summed E-state index contributed by atoms with van der Waals surface area (Å²) in [5.41, 5.74) is -0.469. The van der Waals surface area contributed by atoms with Crippen LogP contribution in [0.15, 0.2) is 41.3 Å². The summed E-state index contributed by atoms with van der Waals surface area (Å²) in [5, 5.41) is 0.511. The molecule has 0 aromatic heterocycles. The van der Waals surface area contributed by atoms with Crippen LogP contribution in [0.4, 0.5) is 8.78 Å². The van der Waals surface area contributed by atoms with Crippen molar-refractivity contribution in [3.63, 3.8) is 0 Å². The molecule has 0 aliphatic carbocycles. The lowest BCUT2D eigenvalue weighted by Crippen LogP contribution is -2.29. The first kappa shape index (κ1) is 18.0. The van der Waals surface area contributed by atoms with Gasteiger partial charge < -0.3 is 4.74 Å². The van der Waals surface area contributed by atoms with E-state index in [0.29, 0.717) is 10.6 Å². The number of ketones is 1. The summed E-state index contributed by atoms with van der Waals surface area (Å²) >= 11 is 7.74. The average Bonchev–Trinajstić information content (AvgIpc) is 2.78. The zero-order chi connectivity index (χ0) is 18.4. The summed E-state index contributed by atoms with van der Waals surface area (Å²) in [5.74, 6) is -1.64. The second kappa shape index (κ2) is 6.46. The highest BCUT2D eigenvalue weighted by atomic mass is 35.5. The van der Waals surface area contributed by atoms with E-state index in [-0.39, 0.29) is 22.7 Å². The summed E-state index contributed by atoms with van der Waals surface area (Å²) in [6, 6.07) is 8.38. The van der Waals surface area contributed by atoms with E-state index in [1.807, 2.05) is 12.3 Å². The molecule has 0 amide bonds. The topological polar surface area (TPSA) is 26.3 Å². The highest BCUT2D eigenvalue weighted by molar-refractivity contribution is 7.98. The minimum atomic E-state index is -1.14. The largest absolute Gasteiger partial charge is 0.478 e. The molecule has 1 aliphatic rings. The number of thioether (sulfide) groups is 1. The van der Waals surface area contributed by atoms with Gasteiger partial charge in [-0.05, 0) is 44.4 Å². The molecule has 0 unspecified atom stereocenters. The SMILES string of the molecule is CSc1ccc(C2=C(c3ccc(F)cc3F)C(=O)C(C)(C)O2)cc1Cl. The monoisotopic (exact) mass is 380 g/mol. The van der Waals surface area contributed by atoms with Crippen LogP contribution >= 0.6 is 23.4 Å². The molecule has 0 atom stereocenters. The number of halogens is 3. The summed E-state index contributed by atoms with van der Waals surface area (Å²) in [7, 11) is 0. The Morgan fingerprint density at radius 1 is 1.12 bits per heavy atom. The van der Waals surface area contributed by atoms with Crippen molar-refractivity contribution < 1.29 is 18.3 Å². The molecule has 0 N–H and O–H groups in total. The molecule has 6 heteroatoms. The highest BCUT2D eigenvalue weighted by Crippen LogP contribution is 2.43. The van der Waals surface area contributed by atoms with Crippen molar-refractivity contribution in [3.05, 3.63) is 64.2 Å². The minimum absolute atomic E-state index is 0.0111. The van der Waals surface area contributed by atoms with E-state index in [1.165, 1.54) is 17.8 Å². The normalized spacial score (nSPS) is 16.3. The summed E-state index contributed by atoms with van der Waals surface area (Å²) in [6.07, 6.45) is 1.90. The number of benzene rings is 2. The fourth-order valence-electron chi connectivity index (χ4n) is 2.70. The molecule has 3 rings (SSSR count). The molecule has 130 valence electrons. The molecule has 1 heterocycles. The zero-order valence-corrected chi connectivity index (χ0v) is 15.4. The van der Waals surface area contributed by atoms with Crippen molar-refractivity contribution in [1.82, 2.24) is 0 Å². The second-order valence-corrected chi connectivity index (χ2v) is 7.37. The van der Waals surface area contributed by atoms with E-state index in [4.69, 9.17) is 16.3 Å². The highest BCUT2D eigenvalue weighted by Gasteiger charge is 2.43. The van der Waals surface area contributed by atoms with Gasteiger partial charge in [0.2, 0.25) is 5.78 Å². The minimum Gasteiger partial charge on any atom is -0.478 e. The fourth-order valence-corrected chi connectivity index (χ4v) is 3.57. The van der Waals surface area contributed by atoms with Gasteiger partial charge in [-0.2, -0.15) is 0 Å². The lowest BCUT2D eigenvalue weighted by molar-refractivity contribution is -0.125. The van der Waals surface area contributed by atoms with E-state index in [0.717, 1.165) is 17.0 Å². The summed E-state index contributed by atoms with van der Waals surface area (Å²) in [6.45, 7) is 3.23. The van der Waals surface area contributed by atoms with Gasteiger partial charge in [0.05, 0.1) is 10.6 Å². The molecule has 2 aromatic carbocycles. The first-order chi connectivity index (χ1) is 11.7. The third kappa shape index (κ3) is 3.18. The summed E-state index contributed by atoms with van der Waals surface area (Å²) < 4.78 is 33.4. The maximum absolute atomic E-state index is 14.3. The molecule has 0 bridgehead atoms. The van der Waals surface area contributed by atoms with E-state index in [2.05, 4.69) is 0 Å². The van der Waals surface area contributed by atoms with Crippen LogP contribution in [0.5, 0.6) is 0 Å². The van der Waals surface area contributed by atoms with Crippen LogP contribution < -0.4 is 0 Å². The fraction of sp³-hybridized carbons (Fsp3) is 0.211. The quantitative estimate of drug-likeness (QED) is 0.649. The van der Waals surface area contributed by atoms with Crippen LogP contribution in [0, 0.1) is 11.6 Å². The van der Waals surface area contributed by atoms with Gasteiger partial charge in [-0.15, -0.1) is 11.8 Å². The van der Waals surface area contributed by atoms with E-state index >= 15 is 0 Å². The Bertz CT molecular complexity index is 906. The number of hydrogen-bond acceptors (Lipinski definition) is 3. The van der Waals surface area contributed by atoms with Crippen molar-refractivity contribution in [2.75, 3.05) is 6.26 Å². The maximum atomic E-state index is 14.3. The van der Waals surface area contributed by atoms with E-state index < -0.39 is 17.2 Å².